The molecule has 0 aliphatic carbocycles. The Balaban J connectivity index is 1.66. The van der Waals surface area contributed by atoms with Crippen LogP contribution >= 0.6 is 11.6 Å². The number of aromatic hydroxyl groups is 1. The van der Waals surface area contributed by atoms with Gasteiger partial charge in [-0.15, -0.1) is 6.58 Å². The Labute approximate surface area is 198 Å². The summed E-state index contributed by atoms with van der Waals surface area (Å²) < 4.78 is 0. The highest BCUT2D eigenvalue weighted by Gasteiger charge is 2.57. The molecule has 3 aromatic rings. The molecule has 170 valence electrons. The van der Waals surface area contributed by atoms with E-state index in [9.17, 15) is 9.90 Å². The highest BCUT2D eigenvalue weighted by Crippen LogP contribution is 2.51. The molecule has 1 saturated heterocycles. The van der Waals surface area contributed by atoms with Crippen LogP contribution in [0.25, 0.3) is 10.9 Å². The van der Waals surface area contributed by atoms with Crippen molar-refractivity contribution in [1.29, 1.82) is 0 Å². The van der Waals surface area contributed by atoms with E-state index in [0.29, 0.717) is 36.9 Å². The quantitative estimate of drug-likeness (QED) is 0.377. The van der Waals surface area contributed by atoms with Gasteiger partial charge >= 0.3 is 0 Å². The number of phenolic OH excluding ortho intramolecular Hbond substituents is 1. The van der Waals surface area contributed by atoms with Gasteiger partial charge in [0.2, 0.25) is 0 Å². The molecule has 5 rings (SSSR count). The van der Waals surface area contributed by atoms with Crippen LogP contribution in [0.3, 0.4) is 0 Å². The molecule has 0 bridgehead atoms. The predicted molar refractivity (Wildman–Crippen MR) is 131 cm³/mol. The third-order valence-corrected chi connectivity index (χ3v) is 7.00. The fourth-order valence-corrected chi connectivity index (χ4v) is 5.47. The van der Waals surface area contributed by atoms with Gasteiger partial charge in [0.25, 0.3) is 5.91 Å². The lowest BCUT2D eigenvalue weighted by Gasteiger charge is -2.44. The Morgan fingerprint density at radius 1 is 1.33 bits per heavy atom. The number of hydrogen-bond acceptors (Lipinski definition) is 4. The summed E-state index contributed by atoms with van der Waals surface area (Å²) in [6, 6.07) is 12.7. The smallest absolute Gasteiger partial charge is 0.254 e. The van der Waals surface area contributed by atoms with Gasteiger partial charge in [0.15, 0.2) is 0 Å². The number of benzene rings is 2. The molecule has 0 spiro atoms. The van der Waals surface area contributed by atoms with Gasteiger partial charge < -0.3 is 20.3 Å². The summed E-state index contributed by atoms with van der Waals surface area (Å²) in [5, 5.41) is 15.2. The summed E-state index contributed by atoms with van der Waals surface area (Å²) >= 11 is 6.34. The van der Waals surface area contributed by atoms with Crippen LogP contribution in [0, 0.1) is 0 Å². The number of nitrogens with one attached hydrogen (secondary N) is 2. The summed E-state index contributed by atoms with van der Waals surface area (Å²) in [7, 11) is 0. The Hall–Kier alpha value is -3.22. The van der Waals surface area contributed by atoms with Crippen molar-refractivity contribution < 1.29 is 9.90 Å². The summed E-state index contributed by atoms with van der Waals surface area (Å²) in [5.74, 6) is 0.876. The highest BCUT2D eigenvalue weighted by molar-refractivity contribution is 6.31. The molecule has 0 saturated carbocycles. The number of phenols is 1. The number of hydrogen-bond donors (Lipinski definition) is 3. The maximum Gasteiger partial charge on any atom is 0.254 e. The summed E-state index contributed by atoms with van der Waals surface area (Å²) in [6.45, 7) is 11.9. The first kappa shape index (κ1) is 21.6. The number of rotatable bonds is 6. The lowest BCUT2D eigenvalue weighted by Crippen LogP contribution is -2.52. The van der Waals surface area contributed by atoms with Crippen molar-refractivity contribution in [3.8, 4) is 5.75 Å². The lowest BCUT2D eigenvalue weighted by atomic mass is 9.81. The third kappa shape index (κ3) is 3.33. The molecule has 33 heavy (non-hydrogen) atoms. The Morgan fingerprint density at radius 2 is 2.15 bits per heavy atom. The molecule has 3 heterocycles. The fourth-order valence-electron chi connectivity index (χ4n) is 5.29. The van der Waals surface area contributed by atoms with Gasteiger partial charge in [-0.1, -0.05) is 36.4 Å². The van der Waals surface area contributed by atoms with Crippen LogP contribution in [0.1, 0.15) is 29.8 Å². The molecule has 3 N–H and O–H groups in total. The van der Waals surface area contributed by atoms with Crippen molar-refractivity contribution in [2.75, 3.05) is 19.6 Å². The highest BCUT2D eigenvalue weighted by atomic mass is 35.5. The van der Waals surface area contributed by atoms with Crippen LogP contribution in [-0.4, -0.2) is 51.0 Å². The maximum atomic E-state index is 13.8. The van der Waals surface area contributed by atoms with Crippen LogP contribution in [0.15, 0.2) is 67.5 Å². The zero-order valence-electron chi connectivity index (χ0n) is 18.6. The van der Waals surface area contributed by atoms with Gasteiger partial charge in [0.1, 0.15) is 17.1 Å². The van der Waals surface area contributed by atoms with Crippen LogP contribution in [0.2, 0.25) is 5.02 Å². The van der Waals surface area contributed by atoms with E-state index >= 15 is 0 Å². The molecule has 1 aromatic heterocycles. The Bertz CT molecular complexity index is 1280. The minimum absolute atomic E-state index is 0.0279. The lowest BCUT2D eigenvalue weighted by molar-refractivity contribution is -0.133. The molecule has 1 amide bonds. The largest absolute Gasteiger partial charge is 0.508 e. The summed E-state index contributed by atoms with van der Waals surface area (Å²) in [5.41, 5.74) is 3.13. The molecule has 2 atom stereocenters. The zero-order valence-corrected chi connectivity index (χ0v) is 19.3. The van der Waals surface area contributed by atoms with Crippen molar-refractivity contribution in [2.24, 2.45) is 0 Å². The van der Waals surface area contributed by atoms with Gasteiger partial charge in [-0.05, 0) is 48.4 Å². The van der Waals surface area contributed by atoms with Crippen LogP contribution in [0.4, 0.5) is 0 Å². The fraction of sp³-hybridized carbons (Fsp3) is 0.269. The SMILES string of the molecule is C=CCNCCN1C(=C)N2[C@H](c3cccc(O)c3)c3[nH]c4ccc(Cl)cc4c3C[C@@]2(C)C1=O. The monoisotopic (exact) mass is 462 g/mol. The van der Waals surface area contributed by atoms with Crippen LogP contribution < -0.4 is 5.32 Å². The van der Waals surface area contributed by atoms with E-state index < -0.39 is 5.54 Å². The molecule has 2 aliphatic rings. The van der Waals surface area contributed by atoms with Gasteiger partial charge in [-0.3, -0.25) is 9.69 Å². The topological polar surface area (TPSA) is 71.6 Å². The van der Waals surface area contributed by atoms with Crippen LogP contribution in [-0.2, 0) is 11.2 Å². The number of halogens is 1. The minimum Gasteiger partial charge on any atom is -0.508 e. The van der Waals surface area contributed by atoms with E-state index in [4.69, 9.17) is 11.6 Å². The summed E-state index contributed by atoms with van der Waals surface area (Å²) in [4.78, 5) is 21.3. The average Bonchev–Trinajstić information content (AvgIpc) is 3.22. The van der Waals surface area contributed by atoms with Gasteiger partial charge in [-0.2, -0.15) is 0 Å². The molecular formula is C26H27ClN4O2. The van der Waals surface area contributed by atoms with Crippen molar-refractivity contribution in [1.82, 2.24) is 20.1 Å². The number of fused-ring (bicyclic) bond motifs is 4. The van der Waals surface area contributed by atoms with Gasteiger partial charge in [0.05, 0.1) is 6.04 Å². The third-order valence-electron chi connectivity index (χ3n) is 6.77. The van der Waals surface area contributed by atoms with Crippen molar-refractivity contribution in [3.63, 3.8) is 0 Å². The number of nitrogens with zero attached hydrogens (tertiary/aromatic N) is 2. The normalized spacial score (nSPS) is 22.1. The average molecular weight is 463 g/mol. The van der Waals surface area contributed by atoms with Crippen molar-refractivity contribution in [3.05, 3.63) is 89.4 Å². The second-order valence-corrected chi connectivity index (χ2v) is 9.33. The van der Waals surface area contributed by atoms with E-state index in [2.05, 4.69) is 28.4 Å². The minimum atomic E-state index is -0.809. The number of carbonyl (C=O) groups excluding carboxylic acids is 1. The predicted octanol–water partition coefficient (Wildman–Crippen LogP) is 4.32. The number of amides is 1. The number of aromatic amines is 1. The van der Waals surface area contributed by atoms with E-state index in [0.717, 1.165) is 27.7 Å². The second-order valence-electron chi connectivity index (χ2n) is 8.89. The Morgan fingerprint density at radius 3 is 2.91 bits per heavy atom. The second kappa shape index (κ2) is 7.97. The Kier molecular flexibility index (Phi) is 5.22. The van der Waals surface area contributed by atoms with Crippen LogP contribution in [0.5, 0.6) is 5.75 Å². The van der Waals surface area contributed by atoms with Gasteiger partial charge in [-0.25, -0.2) is 0 Å². The molecule has 6 nitrogen and oxygen atoms in total. The number of H-pyrrole nitrogens is 1. The van der Waals surface area contributed by atoms with E-state index in [-0.39, 0.29) is 17.7 Å². The summed E-state index contributed by atoms with van der Waals surface area (Å²) in [6.07, 6.45) is 2.33. The standard InChI is InChI=1S/C26H27ClN4O2/c1-4-10-28-11-12-30-16(2)31-24(17-6-5-7-19(32)13-17)23-21(15-26(31,3)25(30)33)20-14-18(27)8-9-22(20)29-23/h4-9,13-14,24,28-29,32H,1-2,10-12,15H2,3H3/t24-,26+/m1/s1. The van der Waals surface area contributed by atoms with Gasteiger partial charge in [0, 0.05) is 47.7 Å². The van der Waals surface area contributed by atoms with E-state index in [1.807, 2.05) is 37.3 Å². The molecule has 2 aliphatic heterocycles. The molecule has 0 unspecified atom stereocenters. The number of aromatic nitrogens is 1. The molecule has 0 radical (unpaired) electrons. The van der Waals surface area contributed by atoms with E-state index in [1.165, 1.54) is 0 Å². The van der Waals surface area contributed by atoms with Crippen molar-refractivity contribution in [2.45, 2.75) is 24.9 Å². The van der Waals surface area contributed by atoms with Crippen molar-refractivity contribution >= 4 is 28.4 Å². The van der Waals surface area contributed by atoms with E-state index in [1.54, 1.807) is 23.1 Å². The molecular weight excluding hydrogens is 436 g/mol. The maximum absolute atomic E-state index is 13.8. The molecule has 1 fully saturated rings. The zero-order chi connectivity index (χ0) is 23.3. The first-order valence-corrected chi connectivity index (χ1v) is 11.4. The molecule has 2 aromatic carbocycles. The number of carbonyl (C=O) groups is 1. The molecule has 7 heteroatoms. The first-order valence-electron chi connectivity index (χ1n) is 11.1. The first-order chi connectivity index (χ1) is 15.8.